The summed E-state index contributed by atoms with van der Waals surface area (Å²) in [7, 11) is 0. The minimum atomic E-state index is -0.563. The highest BCUT2D eigenvalue weighted by atomic mass is 16.2. The second kappa shape index (κ2) is 7.43. The van der Waals surface area contributed by atoms with Crippen molar-refractivity contribution in [3.8, 4) is 0 Å². The van der Waals surface area contributed by atoms with Crippen molar-refractivity contribution in [1.82, 2.24) is 20.2 Å². The molecule has 0 atom stereocenters. The van der Waals surface area contributed by atoms with Crippen LogP contribution in [0.15, 0.2) is 35.4 Å². The molecule has 2 spiro atoms. The van der Waals surface area contributed by atoms with Gasteiger partial charge in [0.15, 0.2) is 0 Å². The average molecular weight is 437 g/mol. The Balaban J connectivity index is 1.31. The summed E-state index contributed by atoms with van der Waals surface area (Å²) in [5, 5.41) is 9.04. The molecule has 1 aromatic heterocycles. The van der Waals surface area contributed by atoms with Crippen molar-refractivity contribution < 1.29 is 14.4 Å². The van der Waals surface area contributed by atoms with Crippen molar-refractivity contribution in [2.24, 2.45) is 11.3 Å². The van der Waals surface area contributed by atoms with Crippen LogP contribution in [0.4, 0.5) is 11.6 Å². The van der Waals surface area contributed by atoms with Crippen LogP contribution in [0, 0.1) is 11.3 Å². The number of carbonyl (C=O) groups is 3. The van der Waals surface area contributed by atoms with Gasteiger partial charge in [0.25, 0.3) is 5.91 Å². The first-order chi connectivity index (χ1) is 15.3. The number of rotatable bonds is 6. The Bertz CT molecular complexity index is 1050. The SMILES string of the molecule is CC(/C=C(\C)Nc1cc(NC(=O)C2CC2)ncn1)=C1\C(=O)NC2(CC3(CCC3)C2)N1C=O. The van der Waals surface area contributed by atoms with Gasteiger partial charge in [-0.15, -0.1) is 0 Å². The molecule has 1 aromatic rings. The second-order valence-corrected chi connectivity index (χ2v) is 9.70. The van der Waals surface area contributed by atoms with Crippen LogP contribution in [-0.2, 0) is 14.4 Å². The fraction of sp³-hybridized carbons (Fsp3) is 0.522. The minimum Gasteiger partial charge on any atom is -0.344 e. The number of nitrogens with zero attached hydrogens (tertiary/aromatic N) is 3. The zero-order valence-electron chi connectivity index (χ0n) is 18.4. The summed E-state index contributed by atoms with van der Waals surface area (Å²) >= 11 is 0. The lowest BCUT2D eigenvalue weighted by molar-refractivity contribution is -0.142. The van der Waals surface area contributed by atoms with E-state index in [0.717, 1.165) is 37.8 Å². The molecule has 32 heavy (non-hydrogen) atoms. The molecule has 0 aromatic carbocycles. The summed E-state index contributed by atoms with van der Waals surface area (Å²) in [6.45, 7) is 3.68. The first kappa shape index (κ1) is 20.7. The smallest absolute Gasteiger partial charge is 0.270 e. The van der Waals surface area contributed by atoms with Crippen LogP contribution in [0.5, 0.6) is 0 Å². The predicted molar refractivity (Wildman–Crippen MR) is 118 cm³/mol. The highest BCUT2D eigenvalue weighted by molar-refractivity contribution is 6.00. The summed E-state index contributed by atoms with van der Waals surface area (Å²) in [6, 6.07) is 1.67. The molecule has 3 N–H and O–H groups in total. The first-order valence-electron chi connectivity index (χ1n) is 11.2. The van der Waals surface area contributed by atoms with E-state index in [-0.39, 0.29) is 17.7 Å². The number of hydrogen-bond donors (Lipinski definition) is 3. The molecule has 9 heteroatoms. The van der Waals surface area contributed by atoms with Crippen LogP contribution in [0.1, 0.15) is 58.8 Å². The van der Waals surface area contributed by atoms with Gasteiger partial charge in [-0.1, -0.05) is 6.42 Å². The maximum atomic E-state index is 12.8. The predicted octanol–water partition coefficient (Wildman–Crippen LogP) is 2.66. The molecule has 1 saturated heterocycles. The number of carbonyl (C=O) groups excluding carboxylic acids is 3. The van der Waals surface area contributed by atoms with Crippen molar-refractivity contribution in [3.05, 3.63) is 35.4 Å². The number of aromatic nitrogens is 2. The van der Waals surface area contributed by atoms with Crippen molar-refractivity contribution in [2.45, 2.75) is 64.5 Å². The van der Waals surface area contributed by atoms with E-state index in [2.05, 4.69) is 25.9 Å². The Morgan fingerprint density at radius 2 is 1.88 bits per heavy atom. The van der Waals surface area contributed by atoms with E-state index in [0.29, 0.717) is 28.3 Å². The molecule has 168 valence electrons. The van der Waals surface area contributed by atoms with Gasteiger partial charge < -0.3 is 16.0 Å². The molecule has 0 bridgehead atoms. The minimum absolute atomic E-state index is 0.0164. The van der Waals surface area contributed by atoms with Gasteiger partial charge in [0, 0.05) is 17.7 Å². The van der Waals surface area contributed by atoms with Gasteiger partial charge >= 0.3 is 0 Å². The Morgan fingerprint density at radius 3 is 2.47 bits per heavy atom. The third kappa shape index (κ3) is 3.55. The standard InChI is InChI=1S/C23H28N6O3/c1-14(19-21(32)28-23(29(19)13-30)10-22(11-23)6-3-7-22)8-15(2)26-17-9-18(25-12-24-17)27-20(31)16-4-5-16/h8-9,12-13,16H,3-7,10-11H2,1-2H3,(H,28,32)(H2,24,25,26,27,31)/b15-8+,19-14-. The maximum absolute atomic E-state index is 12.8. The fourth-order valence-corrected chi connectivity index (χ4v) is 5.35. The average Bonchev–Trinajstić information content (AvgIpc) is 3.48. The topological polar surface area (TPSA) is 116 Å². The summed E-state index contributed by atoms with van der Waals surface area (Å²) in [5.41, 5.74) is 1.59. The van der Waals surface area contributed by atoms with Gasteiger partial charge in [-0.05, 0) is 69.4 Å². The Kier molecular flexibility index (Phi) is 4.79. The summed E-state index contributed by atoms with van der Waals surface area (Å²) in [4.78, 5) is 46.6. The summed E-state index contributed by atoms with van der Waals surface area (Å²) < 4.78 is 0. The lowest BCUT2D eigenvalue weighted by atomic mass is 9.51. The highest BCUT2D eigenvalue weighted by Crippen LogP contribution is 2.62. The maximum Gasteiger partial charge on any atom is 0.270 e. The van der Waals surface area contributed by atoms with Gasteiger partial charge in [0.05, 0.1) is 0 Å². The number of hydrogen-bond acceptors (Lipinski definition) is 6. The third-order valence-electron chi connectivity index (χ3n) is 7.12. The molecule has 0 radical (unpaired) electrons. The molecule has 9 nitrogen and oxygen atoms in total. The van der Waals surface area contributed by atoms with Gasteiger partial charge in [-0.3, -0.25) is 19.3 Å². The van der Waals surface area contributed by atoms with E-state index in [1.807, 2.05) is 19.9 Å². The monoisotopic (exact) mass is 436 g/mol. The highest BCUT2D eigenvalue weighted by Gasteiger charge is 2.64. The third-order valence-corrected chi connectivity index (χ3v) is 7.12. The van der Waals surface area contributed by atoms with E-state index in [4.69, 9.17) is 0 Å². The van der Waals surface area contributed by atoms with Crippen LogP contribution in [0.2, 0.25) is 0 Å². The van der Waals surface area contributed by atoms with Crippen molar-refractivity contribution in [3.63, 3.8) is 0 Å². The molecule has 3 amide bonds. The molecule has 3 saturated carbocycles. The van der Waals surface area contributed by atoms with Crippen LogP contribution in [-0.4, -0.2) is 38.8 Å². The lowest BCUT2D eigenvalue weighted by Gasteiger charge is -2.61. The Morgan fingerprint density at radius 1 is 1.19 bits per heavy atom. The molecule has 0 unspecified atom stereocenters. The molecular weight excluding hydrogens is 408 g/mol. The Hall–Kier alpha value is -3.23. The number of amides is 3. The zero-order valence-corrected chi connectivity index (χ0v) is 18.4. The molecule has 2 heterocycles. The van der Waals surface area contributed by atoms with Crippen LogP contribution in [0.3, 0.4) is 0 Å². The van der Waals surface area contributed by atoms with Crippen LogP contribution < -0.4 is 16.0 Å². The number of allylic oxidation sites excluding steroid dienone is 3. The number of anilines is 2. The quantitative estimate of drug-likeness (QED) is 0.466. The molecule has 3 aliphatic carbocycles. The largest absolute Gasteiger partial charge is 0.344 e. The van der Waals surface area contributed by atoms with Crippen molar-refractivity contribution in [2.75, 3.05) is 10.6 Å². The van der Waals surface area contributed by atoms with E-state index >= 15 is 0 Å². The van der Waals surface area contributed by atoms with E-state index in [1.165, 1.54) is 25.6 Å². The molecule has 1 aliphatic heterocycles. The summed E-state index contributed by atoms with van der Waals surface area (Å²) in [5.74, 6) is 0.843. The van der Waals surface area contributed by atoms with E-state index in [9.17, 15) is 14.4 Å². The zero-order chi connectivity index (χ0) is 22.5. The van der Waals surface area contributed by atoms with Gasteiger partial charge in [0.2, 0.25) is 12.3 Å². The van der Waals surface area contributed by atoms with Gasteiger partial charge in [-0.2, -0.15) is 0 Å². The van der Waals surface area contributed by atoms with Crippen molar-refractivity contribution >= 4 is 29.9 Å². The lowest BCUT2D eigenvalue weighted by Crippen LogP contribution is -2.66. The van der Waals surface area contributed by atoms with Gasteiger partial charge in [-0.25, -0.2) is 9.97 Å². The summed E-state index contributed by atoms with van der Waals surface area (Å²) in [6.07, 6.45) is 11.1. The first-order valence-corrected chi connectivity index (χ1v) is 11.2. The normalized spacial score (nSPS) is 24.5. The van der Waals surface area contributed by atoms with Crippen LogP contribution >= 0.6 is 0 Å². The van der Waals surface area contributed by atoms with Crippen molar-refractivity contribution in [1.29, 1.82) is 0 Å². The molecular formula is C23H28N6O3. The molecule has 4 fully saturated rings. The molecule has 5 rings (SSSR count). The molecule has 4 aliphatic rings. The van der Waals surface area contributed by atoms with E-state index in [1.54, 1.807) is 11.0 Å². The number of nitrogens with one attached hydrogen (secondary N) is 3. The Labute approximate surface area is 186 Å². The van der Waals surface area contributed by atoms with Gasteiger partial charge in [0.1, 0.15) is 29.3 Å². The fourth-order valence-electron chi connectivity index (χ4n) is 5.35. The van der Waals surface area contributed by atoms with E-state index < -0.39 is 5.66 Å². The van der Waals surface area contributed by atoms with Crippen LogP contribution in [0.25, 0.3) is 0 Å². The second-order valence-electron chi connectivity index (χ2n) is 9.70.